The highest BCUT2D eigenvalue weighted by Crippen LogP contribution is 2.36. The largest absolute Gasteiger partial charge is 0.606 e. The SMILES string of the molecule is [O-][S+](c1ccccc1)c1ccc2c(c1)Cc1ccccc1[S+]2[O-]. The molecule has 2 atom stereocenters. The van der Waals surface area contributed by atoms with Gasteiger partial charge in [-0.25, -0.2) is 0 Å². The fourth-order valence-electron chi connectivity index (χ4n) is 2.82. The highest BCUT2D eigenvalue weighted by Gasteiger charge is 2.29. The van der Waals surface area contributed by atoms with Gasteiger partial charge in [0.2, 0.25) is 0 Å². The third-order valence-electron chi connectivity index (χ3n) is 3.96. The van der Waals surface area contributed by atoms with E-state index in [1.54, 1.807) is 0 Å². The summed E-state index contributed by atoms with van der Waals surface area (Å²) in [5, 5.41) is 0. The van der Waals surface area contributed by atoms with Crippen molar-refractivity contribution >= 4 is 22.4 Å². The summed E-state index contributed by atoms with van der Waals surface area (Å²) >= 11 is -2.37. The van der Waals surface area contributed by atoms with Crippen molar-refractivity contribution in [3.05, 3.63) is 83.9 Å². The first-order chi connectivity index (χ1) is 11.2. The Morgan fingerprint density at radius 2 is 1.43 bits per heavy atom. The molecular weight excluding hydrogens is 324 g/mol. The van der Waals surface area contributed by atoms with Gasteiger partial charge in [0, 0.05) is 46.0 Å². The van der Waals surface area contributed by atoms with E-state index in [-0.39, 0.29) is 0 Å². The molecule has 4 rings (SSSR count). The number of fused-ring (bicyclic) bond motifs is 2. The molecule has 0 bridgehead atoms. The Morgan fingerprint density at radius 3 is 2.26 bits per heavy atom. The summed E-state index contributed by atoms with van der Waals surface area (Å²) in [5.74, 6) is 0. The van der Waals surface area contributed by atoms with Crippen molar-refractivity contribution in [1.82, 2.24) is 0 Å². The molecule has 114 valence electrons. The predicted molar refractivity (Wildman–Crippen MR) is 91.5 cm³/mol. The molecule has 0 aliphatic carbocycles. The molecule has 3 aromatic carbocycles. The van der Waals surface area contributed by atoms with Gasteiger partial charge in [-0.3, -0.25) is 0 Å². The van der Waals surface area contributed by atoms with E-state index in [1.165, 1.54) is 0 Å². The minimum absolute atomic E-state index is 0.733. The van der Waals surface area contributed by atoms with Crippen LogP contribution in [0.5, 0.6) is 0 Å². The van der Waals surface area contributed by atoms with Gasteiger partial charge in [0.15, 0.2) is 19.6 Å². The molecule has 2 unspecified atom stereocenters. The summed E-state index contributed by atoms with van der Waals surface area (Å²) < 4.78 is 25.4. The first-order valence-electron chi connectivity index (χ1n) is 7.33. The summed E-state index contributed by atoms with van der Waals surface area (Å²) in [6.45, 7) is 0. The monoisotopic (exact) mass is 338 g/mol. The van der Waals surface area contributed by atoms with E-state index in [0.29, 0.717) is 0 Å². The molecule has 1 aliphatic heterocycles. The second kappa shape index (κ2) is 6.06. The van der Waals surface area contributed by atoms with Crippen molar-refractivity contribution in [2.45, 2.75) is 26.0 Å². The number of benzene rings is 3. The molecule has 0 fully saturated rings. The van der Waals surface area contributed by atoms with Crippen LogP contribution in [0.1, 0.15) is 11.1 Å². The maximum Gasteiger partial charge on any atom is 0.162 e. The van der Waals surface area contributed by atoms with Crippen molar-refractivity contribution in [3.8, 4) is 0 Å². The van der Waals surface area contributed by atoms with E-state index < -0.39 is 22.4 Å². The lowest BCUT2D eigenvalue weighted by Crippen LogP contribution is -2.15. The van der Waals surface area contributed by atoms with Gasteiger partial charge in [0.05, 0.1) is 0 Å². The van der Waals surface area contributed by atoms with Crippen molar-refractivity contribution < 1.29 is 9.11 Å². The van der Waals surface area contributed by atoms with Crippen molar-refractivity contribution in [2.75, 3.05) is 0 Å². The molecule has 0 N–H and O–H groups in total. The van der Waals surface area contributed by atoms with Crippen LogP contribution in [0.3, 0.4) is 0 Å². The molecule has 0 aromatic heterocycles. The third-order valence-corrected chi connectivity index (χ3v) is 6.93. The van der Waals surface area contributed by atoms with Gasteiger partial charge in [-0.05, 0) is 30.3 Å². The second-order valence-corrected chi connectivity index (χ2v) is 8.30. The maximum atomic E-state index is 12.7. The lowest BCUT2D eigenvalue weighted by atomic mass is 10.0. The van der Waals surface area contributed by atoms with E-state index in [2.05, 4.69) is 0 Å². The Kier molecular flexibility index (Phi) is 3.91. The molecule has 0 radical (unpaired) electrons. The summed E-state index contributed by atoms with van der Waals surface area (Å²) in [4.78, 5) is 3.26. The fourth-order valence-corrected chi connectivity index (χ4v) is 5.32. The van der Waals surface area contributed by atoms with Crippen LogP contribution in [0.25, 0.3) is 0 Å². The van der Waals surface area contributed by atoms with Crippen molar-refractivity contribution in [3.63, 3.8) is 0 Å². The van der Waals surface area contributed by atoms with E-state index >= 15 is 0 Å². The third kappa shape index (κ3) is 2.68. The zero-order valence-corrected chi connectivity index (χ0v) is 13.9. The minimum atomic E-state index is -1.21. The highest BCUT2D eigenvalue weighted by atomic mass is 32.2. The van der Waals surface area contributed by atoms with Gasteiger partial charge >= 0.3 is 0 Å². The van der Waals surface area contributed by atoms with E-state index in [0.717, 1.165) is 37.1 Å². The van der Waals surface area contributed by atoms with Crippen LogP contribution >= 0.6 is 0 Å². The average Bonchev–Trinajstić information content (AvgIpc) is 2.61. The zero-order valence-electron chi connectivity index (χ0n) is 12.3. The lowest BCUT2D eigenvalue weighted by Gasteiger charge is -2.22. The average molecular weight is 338 g/mol. The van der Waals surface area contributed by atoms with Crippen LogP contribution in [-0.4, -0.2) is 9.11 Å². The van der Waals surface area contributed by atoms with Gasteiger partial charge in [-0.15, -0.1) is 0 Å². The highest BCUT2D eigenvalue weighted by molar-refractivity contribution is 7.92. The van der Waals surface area contributed by atoms with Crippen LogP contribution in [-0.2, 0) is 28.8 Å². The molecule has 3 aromatic rings. The van der Waals surface area contributed by atoms with E-state index in [9.17, 15) is 9.11 Å². The van der Waals surface area contributed by atoms with Crippen LogP contribution in [0.2, 0.25) is 0 Å². The molecular formula is C19H14O2S2. The van der Waals surface area contributed by atoms with Crippen LogP contribution in [0.4, 0.5) is 0 Å². The molecule has 23 heavy (non-hydrogen) atoms. The molecule has 2 nitrogen and oxygen atoms in total. The van der Waals surface area contributed by atoms with Crippen molar-refractivity contribution in [2.24, 2.45) is 0 Å². The smallest absolute Gasteiger partial charge is 0.162 e. The van der Waals surface area contributed by atoms with E-state index in [1.807, 2.05) is 72.8 Å². The number of hydrogen-bond acceptors (Lipinski definition) is 2. The topological polar surface area (TPSA) is 46.1 Å². The Bertz CT molecular complexity index is 849. The molecule has 4 heteroatoms. The van der Waals surface area contributed by atoms with Crippen molar-refractivity contribution in [1.29, 1.82) is 0 Å². The molecule has 1 heterocycles. The van der Waals surface area contributed by atoms with Gasteiger partial charge in [-0.1, -0.05) is 36.4 Å². The number of hydrogen-bond donors (Lipinski definition) is 0. The van der Waals surface area contributed by atoms with Crippen LogP contribution in [0.15, 0.2) is 92.4 Å². The zero-order chi connectivity index (χ0) is 15.8. The van der Waals surface area contributed by atoms with Crippen LogP contribution in [0, 0.1) is 0 Å². The molecule has 0 saturated heterocycles. The lowest BCUT2D eigenvalue weighted by molar-refractivity contribution is 0.588. The van der Waals surface area contributed by atoms with Gasteiger partial charge in [-0.2, -0.15) is 0 Å². The molecule has 0 spiro atoms. The summed E-state index contributed by atoms with van der Waals surface area (Å²) in [7, 11) is 0. The number of rotatable bonds is 2. The van der Waals surface area contributed by atoms with Gasteiger partial charge in [0.25, 0.3) is 0 Å². The first-order valence-corrected chi connectivity index (χ1v) is 9.63. The quantitative estimate of drug-likeness (QED) is 0.665. The fraction of sp³-hybridized carbons (Fsp3) is 0.0526. The standard InChI is InChI=1S/C19H14O2S2/c20-22(16-7-2-1-3-8-16)17-10-11-19-15(13-17)12-14-6-4-5-9-18(14)23(19)21/h1-11,13H,12H2. The molecule has 0 amide bonds. The Morgan fingerprint density at radius 1 is 0.739 bits per heavy atom. The Balaban J connectivity index is 1.73. The maximum absolute atomic E-state index is 12.7. The summed E-state index contributed by atoms with van der Waals surface area (Å²) in [6, 6.07) is 22.8. The van der Waals surface area contributed by atoms with Gasteiger partial charge in [0.1, 0.15) is 0 Å². The Labute approximate surface area is 141 Å². The summed E-state index contributed by atoms with van der Waals surface area (Å²) in [5.41, 5.74) is 2.09. The predicted octanol–water partition coefficient (Wildman–Crippen LogP) is 3.92. The second-order valence-electron chi connectivity index (χ2n) is 5.40. The normalized spacial score (nSPS) is 17.2. The van der Waals surface area contributed by atoms with Gasteiger partial charge < -0.3 is 9.11 Å². The first kappa shape index (κ1) is 14.8. The Hall–Kier alpha value is -1.72. The minimum Gasteiger partial charge on any atom is -0.606 e. The summed E-state index contributed by atoms with van der Waals surface area (Å²) in [6.07, 6.45) is 0.733. The molecule has 0 saturated carbocycles. The molecule has 1 aliphatic rings. The van der Waals surface area contributed by atoms with Crippen LogP contribution < -0.4 is 0 Å². The van der Waals surface area contributed by atoms with E-state index in [4.69, 9.17) is 0 Å².